The molecule has 0 aromatic carbocycles. The van der Waals surface area contributed by atoms with E-state index in [1.54, 1.807) is 0 Å². The van der Waals surface area contributed by atoms with E-state index in [0.717, 1.165) is 25.4 Å². The quantitative estimate of drug-likeness (QED) is 0.451. The first-order valence-corrected chi connectivity index (χ1v) is 6.55. The topological polar surface area (TPSA) is 38.0 Å². The van der Waals surface area contributed by atoms with Gasteiger partial charge in [-0.05, 0) is 13.0 Å². The predicted octanol–water partition coefficient (Wildman–Crippen LogP) is 1.33. The summed E-state index contributed by atoms with van der Waals surface area (Å²) in [5.74, 6) is 2.25. The Morgan fingerprint density at radius 2 is 1.91 bits per heavy atom. The average Bonchev–Trinajstić information content (AvgIpc) is 2.03. The number of nitrogens with two attached hydrogens (primary N) is 1. The van der Waals surface area contributed by atoms with Gasteiger partial charge in [0.1, 0.15) is 0 Å². The van der Waals surface area contributed by atoms with Gasteiger partial charge in [-0.15, -0.1) is 0 Å². The molecule has 0 aliphatic rings. The largest absolute Gasteiger partial charge is 0.330 e. The maximum absolute atomic E-state index is 5.34. The van der Waals surface area contributed by atoms with Gasteiger partial charge >= 0.3 is 0 Å². The van der Waals surface area contributed by atoms with Crippen LogP contribution >= 0.6 is 21.6 Å². The van der Waals surface area contributed by atoms with Crippen LogP contribution in [0.3, 0.4) is 0 Å². The van der Waals surface area contributed by atoms with E-state index in [2.05, 4.69) is 12.2 Å². The van der Waals surface area contributed by atoms with E-state index in [1.165, 1.54) is 12.2 Å². The van der Waals surface area contributed by atoms with Crippen LogP contribution in [0.1, 0.15) is 13.3 Å². The van der Waals surface area contributed by atoms with Crippen LogP contribution in [-0.2, 0) is 0 Å². The van der Waals surface area contributed by atoms with Gasteiger partial charge in [0.15, 0.2) is 0 Å². The average molecular weight is 194 g/mol. The molecule has 0 bridgehead atoms. The summed E-state index contributed by atoms with van der Waals surface area (Å²) in [5.41, 5.74) is 5.34. The van der Waals surface area contributed by atoms with Crippen molar-refractivity contribution in [3.8, 4) is 0 Å². The second-order valence-electron chi connectivity index (χ2n) is 2.18. The lowest BCUT2D eigenvalue weighted by atomic mass is 10.5. The Bertz CT molecular complexity index is 63.5. The first-order chi connectivity index (χ1) is 5.41. The predicted molar refractivity (Wildman–Crippen MR) is 57.1 cm³/mol. The van der Waals surface area contributed by atoms with E-state index in [-0.39, 0.29) is 0 Å². The van der Waals surface area contributed by atoms with E-state index < -0.39 is 0 Å². The van der Waals surface area contributed by atoms with E-state index in [4.69, 9.17) is 5.73 Å². The molecule has 0 aromatic heterocycles. The zero-order valence-electron chi connectivity index (χ0n) is 7.14. The maximum Gasteiger partial charge on any atom is 0.0162 e. The molecule has 0 unspecified atom stereocenters. The minimum Gasteiger partial charge on any atom is -0.330 e. The van der Waals surface area contributed by atoms with Gasteiger partial charge in [0, 0.05) is 24.6 Å². The lowest BCUT2D eigenvalue weighted by Gasteiger charge is -2.01. The summed E-state index contributed by atoms with van der Waals surface area (Å²) < 4.78 is 0. The fourth-order valence-corrected chi connectivity index (χ4v) is 2.39. The second-order valence-corrected chi connectivity index (χ2v) is 4.88. The summed E-state index contributed by atoms with van der Waals surface area (Å²) >= 11 is 0. The van der Waals surface area contributed by atoms with Crippen LogP contribution in [0.4, 0.5) is 0 Å². The molecule has 0 spiro atoms. The van der Waals surface area contributed by atoms with Crippen LogP contribution in [0.5, 0.6) is 0 Å². The normalized spacial score (nSPS) is 10.4. The van der Waals surface area contributed by atoms with Gasteiger partial charge < -0.3 is 11.1 Å². The minimum absolute atomic E-state index is 0.792. The lowest BCUT2D eigenvalue weighted by molar-refractivity contribution is 0.708. The smallest absolute Gasteiger partial charge is 0.0162 e. The summed E-state index contributed by atoms with van der Waals surface area (Å²) in [6, 6.07) is 0. The molecule has 0 fully saturated rings. The number of nitrogens with one attached hydrogen (secondary N) is 1. The highest BCUT2D eigenvalue weighted by molar-refractivity contribution is 8.76. The molecule has 0 radical (unpaired) electrons. The molecule has 0 aromatic rings. The second kappa shape index (κ2) is 10.6. The van der Waals surface area contributed by atoms with Crippen LogP contribution < -0.4 is 11.1 Å². The zero-order chi connectivity index (χ0) is 8.36. The first-order valence-electron chi connectivity index (χ1n) is 4.07. The van der Waals surface area contributed by atoms with Crippen molar-refractivity contribution in [3.63, 3.8) is 0 Å². The van der Waals surface area contributed by atoms with E-state index in [0.29, 0.717) is 0 Å². The van der Waals surface area contributed by atoms with Crippen molar-refractivity contribution in [1.29, 1.82) is 0 Å². The Kier molecular flexibility index (Phi) is 11.2. The molecule has 0 aliphatic carbocycles. The fourth-order valence-electron chi connectivity index (χ4n) is 0.582. The molecule has 0 rings (SSSR count). The van der Waals surface area contributed by atoms with Gasteiger partial charge in [-0.1, -0.05) is 28.5 Å². The number of hydrogen-bond acceptors (Lipinski definition) is 4. The lowest BCUT2D eigenvalue weighted by Crippen LogP contribution is -2.17. The molecular formula is C7H18N2S2. The van der Waals surface area contributed by atoms with Crippen molar-refractivity contribution in [2.75, 3.05) is 31.1 Å². The molecule has 0 atom stereocenters. The Hall–Kier alpha value is 0.620. The first kappa shape index (κ1) is 11.6. The number of rotatable bonds is 8. The van der Waals surface area contributed by atoms with E-state index in [9.17, 15) is 0 Å². The monoisotopic (exact) mass is 194 g/mol. The Morgan fingerprint density at radius 3 is 2.55 bits per heavy atom. The molecular weight excluding hydrogens is 176 g/mol. The summed E-state index contributed by atoms with van der Waals surface area (Å²) in [4.78, 5) is 0. The molecule has 2 nitrogen and oxygen atoms in total. The third-order valence-electron chi connectivity index (χ3n) is 1.07. The van der Waals surface area contributed by atoms with Crippen LogP contribution in [0.25, 0.3) is 0 Å². The Morgan fingerprint density at radius 1 is 1.18 bits per heavy atom. The van der Waals surface area contributed by atoms with Gasteiger partial charge in [0.2, 0.25) is 0 Å². The summed E-state index contributed by atoms with van der Waals surface area (Å²) in [5, 5.41) is 3.35. The highest BCUT2D eigenvalue weighted by Crippen LogP contribution is 2.18. The van der Waals surface area contributed by atoms with Crippen molar-refractivity contribution in [2.24, 2.45) is 5.73 Å². The molecule has 0 heterocycles. The van der Waals surface area contributed by atoms with Crippen LogP contribution in [0.15, 0.2) is 0 Å². The van der Waals surface area contributed by atoms with Gasteiger partial charge in [0.25, 0.3) is 0 Å². The standard InChI is InChI=1S/C7H18N2S2/c1-2-4-9-5-7-11-10-6-3-8/h9H,2-8H2,1H3. The highest BCUT2D eigenvalue weighted by Gasteiger charge is 1.88. The van der Waals surface area contributed by atoms with Gasteiger partial charge in [-0.25, -0.2) is 0 Å². The molecule has 0 aliphatic heterocycles. The van der Waals surface area contributed by atoms with Crippen molar-refractivity contribution in [1.82, 2.24) is 5.32 Å². The molecule has 0 saturated heterocycles. The van der Waals surface area contributed by atoms with Crippen molar-refractivity contribution >= 4 is 21.6 Å². The summed E-state index contributed by atoms with van der Waals surface area (Å²) in [6.45, 7) is 5.24. The van der Waals surface area contributed by atoms with Crippen LogP contribution in [-0.4, -0.2) is 31.1 Å². The van der Waals surface area contributed by atoms with Crippen LogP contribution in [0.2, 0.25) is 0 Å². The molecule has 3 N–H and O–H groups in total. The third-order valence-corrected chi connectivity index (χ3v) is 3.51. The van der Waals surface area contributed by atoms with E-state index >= 15 is 0 Å². The summed E-state index contributed by atoms with van der Waals surface area (Å²) in [6.07, 6.45) is 1.22. The summed E-state index contributed by atoms with van der Waals surface area (Å²) in [7, 11) is 3.77. The molecule has 4 heteroatoms. The number of hydrogen-bond donors (Lipinski definition) is 2. The van der Waals surface area contributed by atoms with Gasteiger partial charge in [-0.2, -0.15) is 0 Å². The van der Waals surface area contributed by atoms with E-state index in [1.807, 2.05) is 21.6 Å². The molecule has 11 heavy (non-hydrogen) atoms. The third kappa shape index (κ3) is 10.6. The Balaban J connectivity index is 2.69. The van der Waals surface area contributed by atoms with Crippen molar-refractivity contribution in [3.05, 3.63) is 0 Å². The van der Waals surface area contributed by atoms with Crippen molar-refractivity contribution < 1.29 is 0 Å². The van der Waals surface area contributed by atoms with Crippen LogP contribution in [0, 0.1) is 0 Å². The fraction of sp³-hybridized carbons (Fsp3) is 1.00. The van der Waals surface area contributed by atoms with Gasteiger partial charge in [-0.3, -0.25) is 0 Å². The molecule has 68 valence electrons. The van der Waals surface area contributed by atoms with Crippen molar-refractivity contribution in [2.45, 2.75) is 13.3 Å². The highest BCUT2D eigenvalue weighted by atomic mass is 33.1. The maximum atomic E-state index is 5.34. The van der Waals surface area contributed by atoms with Gasteiger partial charge in [0.05, 0.1) is 0 Å². The SMILES string of the molecule is CCCNCCSSCCN. The Labute approximate surface area is 77.5 Å². The minimum atomic E-state index is 0.792. The zero-order valence-corrected chi connectivity index (χ0v) is 8.77. The molecule has 0 saturated carbocycles. The molecule has 0 amide bonds.